The zero-order valence-electron chi connectivity index (χ0n) is 24.1. The third kappa shape index (κ3) is 8.00. The van der Waals surface area contributed by atoms with Crippen molar-refractivity contribution in [1.82, 2.24) is 10.2 Å². The van der Waals surface area contributed by atoms with Gasteiger partial charge in [0.1, 0.15) is 24.1 Å². The molecule has 9 nitrogen and oxygen atoms in total. The number of carbonyl (C=O) groups is 2. The molecule has 3 aromatic carbocycles. The maximum Gasteiger partial charge on any atom is 0.264 e. The van der Waals surface area contributed by atoms with Gasteiger partial charge < -0.3 is 19.7 Å². The number of nitrogens with zero attached hydrogens (tertiary/aromatic N) is 2. The SMILES string of the molecule is CCCNC(=O)[C@H](CC)N(Cc1cccc(OC)c1)C(=O)CN(c1ccccc1OCC)S(=O)(=O)c1ccccc1. The van der Waals surface area contributed by atoms with E-state index in [0.717, 1.165) is 16.3 Å². The Morgan fingerprint density at radius 3 is 2.29 bits per heavy atom. The largest absolute Gasteiger partial charge is 0.497 e. The van der Waals surface area contributed by atoms with Crippen LogP contribution in [0.2, 0.25) is 0 Å². The fraction of sp³-hybridized carbons (Fsp3) is 0.355. The van der Waals surface area contributed by atoms with E-state index in [1.807, 2.05) is 19.9 Å². The first-order chi connectivity index (χ1) is 19.8. The van der Waals surface area contributed by atoms with E-state index in [2.05, 4.69) is 5.32 Å². The van der Waals surface area contributed by atoms with Crippen molar-refractivity contribution in [2.45, 2.75) is 51.1 Å². The molecule has 220 valence electrons. The van der Waals surface area contributed by atoms with Gasteiger partial charge in [0.25, 0.3) is 10.0 Å². The maximum atomic E-state index is 14.2. The second-order valence-corrected chi connectivity index (χ2v) is 11.2. The minimum absolute atomic E-state index is 0.0335. The van der Waals surface area contributed by atoms with Crippen LogP contribution in [-0.2, 0) is 26.2 Å². The summed E-state index contributed by atoms with van der Waals surface area (Å²) >= 11 is 0. The second kappa shape index (κ2) is 15.1. The van der Waals surface area contributed by atoms with Crippen molar-refractivity contribution in [2.24, 2.45) is 0 Å². The summed E-state index contributed by atoms with van der Waals surface area (Å²) in [6.45, 7) is 5.89. The molecule has 0 saturated heterocycles. The fourth-order valence-electron chi connectivity index (χ4n) is 4.43. The average Bonchev–Trinajstić information content (AvgIpc) is 2.99. The molecule has 1 N–H and O–H groups in total. The summed E-state index contributed by atoms with van der Waals surface area (Å²) in [6, 6.07) is 21.1. The number of sulfonamides is 1. The number of carbonyl (C=O) groups excluding carboxylic acids is 2. The first-order valence-corrected chi connectivity index (χ1v) is 15.2. The maximum absolute atomic E-state index is 14.2. The average molecular weight is 582 g/mol. The Hall–Kier alpha value is -4.05. The third-order valence-corrected chi connectivity index (χ3v) is 8.24. The number of amides is 2. The van der Waals surface area contributed by atoms with Crippen LogP contribution in [0, 0.1) is 0 Å². The molecule has 10 heteroatoms. The second-order valence-electron chi connectivity index (χ2n) is 9.31. The zero-order valence-corrected chi connectivity index (χ0v) is 24.9. The Balaban J connectivity index is 2.09. The lowest BCUT2D eigenvalue weighted by molar-refractivity contribution is -0.140. The van der Waals surface area contributed by atoms with Crippen molar-refractivity contribution < 1.29 is 27.5 Å². The number of para-hydroxylation sites is 2. The van der Waals surface area contributed by atoms with Crippen LogP contribution in [-0.4, -0.2) is 58.0 Å². The smallest absolute Gasteiger partial charge is 0.264 e. The molecule has 0 aliphatic heterocycles. The number of rotatable bonds is 15. The highest BCUT2D eigenvalue weighted by atomic mass is 32.2. The first kappa shape index (κ1) is 31.5. The minimum Gasteiger partial charge on any atom is -0.497 e. The minimum atomic E-state index is -4.19. The lowest BCUT2D eigenvalue weighted by Crippen LogP contribution is -2.52. The van der Waals surface area contributed by atoms with E-state index in [-0.39, 0.29) is 23.0 Å². The molecule has 0 aliphatic carbocycles. The van der Waals surface area contributed by atoms with Gasteiger partial charge >= 0.3 is 0 Å². The molecule has 0 aromatic heterocycles. The summed E-state index contributed by atoms with van der Waals surface area (Å²) in [5.74, 6) is 0.113. The molecule has 0 radical (unpaired) electrons. The van der Waals surface area contributed by atoms with Gasteiger partial charge in [0.15, 0.2) is 0 Å². The van der Waals surface area contributed by atoms with Crippen molar-refractivity contribution >= 4 is 27.5 Å². The normalized spacial score (nSPS) is 11.8. The van der Waals surface area contributed by atoms with Gasteiger partial charge in [0.05, 0.1) is 24.3 Å². The monoisotopic (exact) mass is 581 g/mol. The predicted molar refractivity (Wildman–Crippen MR) is 160 cm³/mol. The molecule has 0 saturated carbocycles. The van der Waals surface area contributed by atoms with Crippen molar-refractivity contribution in [3.8, 4) is 11.5 Å². The number of hydrogen-bond acceptors (Lipinski definition) is 6. The van der Waals surface area contributed by atoms with E-state index < -0.39 is 28.5 Å². The standard InChI is InChI=1S/C31H39N3O6S/c1-5-20-32-31(36)27(6-2)33(22-24-14-13-15-25(21-24)39-4)30(35)23-34(28-18-11-12-19-29(28)40-7-3)41(37,38)26-16-9-8-10-17-26/h8-19,21,27H,5-7,20,22-23H2,1-4H3,(H,32,36)/t27-/m0/s1. The van der Waals surface area contributed by atoms with Gasteiger partial charge in [-0.15, -0.1) is 0 Å². The van der Waals surface area contributed by atoms with Crippen LogP contribution in [0.4, 0.5) is 5.69 Å². The van der Waals surface area contributed by atoms with E-state index in [1.165, 1.54) is 17.0 Å². The Bertz CT molecular complexity index is 1400. The Morgan fingerprint density at radius 1 is 0.927 bits per heavy atom. The summed E-state index contributed by atoms with van der Waals surface area (Å²) in [7, 11) is -2.64. The molecule has 3 rings (SSSR count). The lowest BCUT2D eigenvalue weighted by Gasteiger charge is -2.33. The molecule has 2 amide bonds. The molecule has 0 spiro atoms. The van der Waals surface area contributed by atoms with Crippen molar-refractivity contribution in [1.29, 1.82) is 0 Å². The quantitative estimate of drug-likeness (QED) is 0.281. The van der Waals surface area contributed by atoms with Gasteiger partial charge in [-0.1, -0.05) is 56.3 Å². The zero-order chi connectivity index (χ0) is 29.8. The molecule has 0 heterocycles. The van der Waals surface area contributed by atoms with Gasteiger partial charge in [0.2, 0.25) is 11.8 Å². The molecule has 1 atom stereocenters. The number of anilines is 1. The predicted octanol–water partition coefficient (Wildman–Crippen LogP) is 4.62. The Kier molecular flexibility index (Phi) is 11.6. The molecule has 0 bridgehead atoms. The summed E-state index contributed by atoms with van der Waals surface area (Å²) in [5, 5.41) is 2.88. The van der Waals surface area contributed by atoms with Gasteiger partial charge in [-0.25, -0.2) is 8.42 Å². The van der Waals surface area contributed by atoms with Crippen LogP contribution in [0.1, 0.15) is 39.2 Å². The molecule has 3 aromatic rings. The van der Waals surface area contributed by atoms with E-state index in [1.54, 1.807) is 74.7 Å². The highest BCUT2D eigenvalue weighted by Gasteiger charge is 2.34. The van der Waals surface area contributed by atoms with Gasteiger partial charge in [0, 0.05) is 13.1 Å². The van der Waals surface area contributed by atoms with Gasteiger partial charge in [-0.2, -0.15) is 0 Å². The lowest BCUT2D eigenvalue weighted by atomic mass is 10.1. The summed E-state index contributed by atoms with van der Waals surface area (Å²) in [4.78, 5) is 28.9. The number of benzene rings is 3. The third-order valence-electron chi connectivity index (χ3n) is 6.47. The summed E-state index contributed by atoms with van der Waals surface area (Å²) < 4.78 is 40.2. The van der Waals surface area contributed by atoms with Crippen molar-refractivity contribution in [3.05, 3.63) is 84.4 Å². The van der Waals surface area contributed by atoms with Crippen LogP contribution < -0.4 is 19.1 Å². The Morgan fingerprint density at radius 2 is 1.63 bits per heavy atom. The van der Waals surface area contributed by atoms with E-state index in [4.69, 9.17) is 9.47 Å². The number of nitrogens with one attached hydrogen (secondary N) is 1. The molecule has 0 aliphatic rings. The fourth-order valence-corrected chi connectivity index (χ4v) is 5.87. The van der Waals surface area contributed by atoms with Crippen LogP contribution in [0.5, 0.6) is 11.5 Å². The molecular formula is C31H39N3O6S. The van der Waals surface area contributed by atoms with Crippen LogP contribution >= 0.6 is 0 Å². The number of ether oxygens (including phenoxy) is 2. The first-order valence-electron chi connectivity index (χ1n) is 13.8. The van der Waals surface area contributed by atoms with Crippen LogP contribution in [0.15, 0.2) is 83.8 Å². The van der Waals surface area contributed by atoms with Crippen molar-refractivity contribution in [2.75, 3.05) is 31.1 Å². The molecular weight excluding hydrogens is 542 g/mol. The van der Waals surface area contributed by atoms with Crippen molar-refractivity contribution in [3.63, 3.8) is 0 Å². The topological polar surface area (TPSA) is 105 Å². The molecule has 41 heavy (non-hydrogen) atoms. The van der Waals surface area contributed by atoms with Crippen LogP contribution in [0.25, 0.3) is 0 Å². The van der Waals surface area contributed by atoms with E-state index in [9.17, 15) is 18.0 Å². The molecule has 0 fully saturated rings. The Labute approximate surface area is 243 Å². The van der Waals surface area contributed by atoms with Gasteiger partial charge in [-0.05, 0) is 61.7 Å². The van der Waals surface area contributed by atoms with E-state index in [0.29, 0.717) is 31.1 Å². The summed E-state index contributed by atoms with van der Waals surface area (Å²) in [6.07, 6.45) is 1.08. The highest BCUT2D eigenvalue weighted by Crippen LogP contribution is 2.33. The van der Waals surface area contributed by atoms with E-state index >= 15 is 0 Å². The summed E-state index contributed by atoms with van der Waals surface area (Å²) in [5.41, 5.74) is 0.975. The number of methoxy groups -OCH3 is 1. The number of hydrogen-bond donors (Lipinski definition) is 1. The molecule has 0 unspecified atom stereocenters. The van der Waals surface area contributed by atoms with Crippen LogP contribution in [0.3, 0.4) is 0 Å². The highest BCUT2D eigenvalue weighted by molar-refractivity contribution is 7.92. The van der Waals surface area contributed by atoms with Gasteiger partial charge in [-0.3, -0.25) is 13.9 Å².